The maximum Gasteiger partial charge on any atom is 0.253 e. The molecule has 19 heavy (non-hydrogen) atoms. The van der Waals surface area contributed by atoms with Crippen molar-refractivity contribution in [2.75, 3.05) is 12.3 Å². The number of amides is 1. The molecule has 1 aromatic carbocycles. The van der Waals surface area contributed by atoms with Gasteiger partial charge >= 0.3 is 0 Å². The van der Waals surface area contributed by atoms with E-state index >= 15 is 0 Å². The van der Waals surface area contributed by atoms with E-state index in [1.54, 1.807) is 6.07 Å². The lowest BCUT2D eigenvalue weighted by molar-refractivity contribution is 0.0951. The van der Waals surface area contributed by atoms with E-state index in [0.29, 0.717) is 17.8 Å². The van der Waals surface area contributed by atoms with Crippen molar-refractivity contribution in [3.8, 4) is 5.75 Å². The zero-order chi connectivity index (χ0) is 13.7. The number of hydrogen-bond donors (Lipinski definition) is 3. The van der Waals surface area contributed by atoms with Gasteiger partial charge < -0.3 is 16.2 Å². The van der Waals surface area contributed by atoms with Crippen LogP contribution in [-0.4, -0.2) is 17.6 Å². The molecule has 2 rings (SSSR count). The summed E-state index contributed by atoms with van der Waals surface area (Å²) >= 11 is 0. The minimum Gasteiger partial charge on any atom is -0.508 e. The van der Waals surface area contributed by atoms with Crippen LogP contribution in [-0.2, 0) is 0 Å². The molecule has 0 heterocycles. The maximum atomic E-state index is 12.0. The number of benzene rings is 1. The van der Waals surface area contributed by atoms with E-state index in [1.165, 1.54) is 44.2 Å². The molecule has 1 aromatic rings. The van der Waals surface area contributed by atoms with Crippen LogP contribution < -0.4 is 11.1 Å². The number of carbonyl (C=O) groups excluding carboxylic acids is 1. The third-order valence-electron chi connectivity index (χ3n) is 3.84. The lowest BCUT2D eigenvalue weighted by Gasteiger charge is -2.21. The van der Waals surface area contributed by atoms with Gasteiger partial charge in [0.05, 0.1) is 5.56 Å². The van der Waals surface area contributed by atoms with E-state index < -0.39 is 0 Å². The molecule has 0 spiro atoms. The molecule has 1 fully saturated rings. The molecule has 4 nitrogen and oxygen atoms in total. The molecular weight excluding hydrogens is 240 g/mol. The van der Waals surface area contributed by atoms with Gasteiger partial charge in [0.1, 0.15) is 5.75 Å². The Morgan fingerprint density at radius 3 is 2.79 bits per heavy atom. The van der Waals surface area contributed by atoms with Crippen molar-refractivity contribution in [2.45, 2.75) is 38.5 Å². The maximum absolute atomic E-state index is 12.0. The second kappa shape index (κ2) is 6.45. The standard InChI is InChI=1S/C15H22N2O2/c16-14-7-6-12(18)10-13(14)15(19)17-9-8-11-4-2-1-3-5-11/h6-7,10-11,18H,1-5,8-9,16H2,(H,17,19). The monoisotopic (exact) mass is 262 g/mol. The number of phenolic OH excluding ortho intramolecular Hbond substituents is 1. The van der Waals surface area contributed by atoms with Gasteiger partial charge in [-0.15, -0.1) is 0 Å². The second-order valence-corrected chi connectivity index (χ2v) is 5.32. The van der Waals surface area contributed by atoms with Crippen molar-refractivity contribution < 1.29 is 9.90 Å². The first-order chi connectivity index (χ1) is 9.16. The minimum absolute atomic E-state index is 0.0617. The van der Waals surface area contributed by atoms with Gasteiger partial charge in [-0.1, -0.05) is 32.1 Å². The minimum atomic E-state index is -0.204. The first kappa shape index (κ1) is 13.7. The van der Waals surface area contributed by atoms with Crippen LogP contribution in [0, 0.1) is 5.92 Å². The van der Waals surface area contributed by atoms with E-state index in [-0.39, 0.29) is 11.7 Å². The van der Waals surface area contributed by atoms with E-state index in [4.69, 9.17) is 5.73 Å². The number of carbonyl (C=O) groups is 1. The fourth-order valence-electron chi connectivity index (χ4n) is 2.70. The lowest BCUT2D eigenvalue weighted by Crippen LogP contribution is -2.27. The van der Waals surface area contributed by atoms with Crippen molar-refractivity contribution in [2.24, 2.45) is 5.92 Å². The summed E-state index contributed by atoms with van der Waals surface area (Å²) < 4.78 is 0. The predicted octanol–water partition coefficient (Wildman–Crippen LogP) is 2.67. The molecule has 1 aliphatic rings. The number of anilines is 1. The Bertz CT molecular complexity index is 440. The Morgan fingerprint density at radius 1 is 1.32 bits per heavy atom. The summed E-state index contributed by atoms with van der Waals surface area (Å²) in [7, 11) is 0. The quantitative estimate of drug-likeness (QED) is 0.577. The van der Waals surface area contributed by atoms with Crippen LogP contribution in [0.25, 0.3) is 0 Å². The highest BCUT2D eigenvalue weighted by Crippen LogP contribution is 2.25. The van der Waals surface area contributed by atoms with E-state index in [0.717, 1.165) is 12.3 Å². The van der Waals surface area contributed by atoms with Crippen LogP contribution in [0.1, 0.15) is 48.9 Å². The second-order valence-electron chi connectivity index (χ2n) is 5.32. The third-order valence-corrected chi connectivity index (χ3v) is 3.84. The molecule has 0 bridgehead atoms. The van der Waals surface area contributed by atoms with E-state index in [9.17, 15) is 9.90 Å². The van der Waals surface area contributed by atoms with Crippen molar-refractivity contribution in [1.29, 1.82) is 0 Å². The van der Waals surface area contributed by atoms with Crippen LogP contribution in [0.4, 0.5) is 5.69 Å². The molecule has 1 aliphatic carbocycles. The van der Waals surface area contributed by atoms with Crippen molar-refractivity contribution in [3.63, 3.8) is 0 Å². The first-order valence-corrected chi connectivity index (χ1v) is 7.03. The average Bonchev–Trinajstić information content (AvgIpc) is 2.42. The Balaban J connectivity index is 1.82. The summed E-state index contributed by atoms with van der Waals surface area (Å²) in [5, 5.41) is 12.3. The molecule has 1 amide bonds. The van der Waals surface area contributed by atoms with E-state index in [1.807, 2.05) is 0 Å². The van der Waals surface area contributed by atoms with Gasteiger partial charge in [0, 0.05) is 12.2 Å². The first-order valence-electron chi connectivity index (χ1n) is 7.03. The molecule has 0 radical (unpaired) electrons. The number of rotatable bonds is 4. The van der Waals surface area contributed by atoms with E-state index in [2.05, 4.69) is 5.32 Å². The summed E-state index contributed by atoms with van der Waals surface area (Å²) in [5.74, 6) is 0.603. The SMILES string of the molecule is Nc1ccc(O)cc1C(=O)NCCC1CCCCC1. The van der Waals surface area contributed by atoms with Gasteiger partial charge in [-0.05, 0) is 30.5 Å². The summed E-state index contributed by atoms with van der Waals surface area (Å²) in [5.41, 5.74) is 6.48. The predicted molar refractivity (Wildman–Crippen MR) is 76.0 cm³/mol. The Labute approximate surface area is 114 Å². The van der Waals surface area contributed by atoms with Crippen molar-refractivity contribution >= 4 is 11.6 Å². The zero-order valence-corrected chi connectivity index (χ0v) is 11.2. The largest absolute Gasteiger partial charge is 0.508 e. The highest BCUT2D eigenvalue weighted by atomic mass is 16.3. The van der Waals surface area contributed by atoms with Gasteiger partial charge in [0.25, 0.3) is 5.91 Å². The number of nitrogens with two attached hydrogens (primary N) is 1. The van der Waals surface area contributed by atoms with Crippen LogP contribution in [0.15, 0.2) is 18.2 Å². The number of nitrogens with one attached hydrogen (secondary N) is 1. The zero-order valence-electron chi connectivity index (χ0n) is 11.2. The number of nitrogen functional groups attached to an aromatic ring is 1. The van der Waals surface area contributed by atoms with Crippen LogP contribution in [0.5, 0.6) is 5.75 Å². The number of phenols is 1. The Morgan fingerprint density at radius 2 is 2.05 bits per heavy atom. The summed E-state index contributed by atoms with van der Waals surface area (Å²) in [6.45, 7) is 0.679. The smallest absolute Gasteiger partial charge is 0.253 e. The fraction of sp³-hybridized carbons (Fsp3) is 0.533. The molecule has 4 heteroatoms. The highest BCUT2D eigenvalue weighted by molar-refractivity contribution is 5.99. The molecule has 0 unspecified atom stereocenters. The fourth-order valence-corrected chi connectivity index (χ4v) is 2.70. The van der Waals surface area contributed by atoms with Gasteiger partial charge in [-0.2, -0.15) is 0 Å². The van der Waals surface area contributed by atoms with Crippen LogP contribution >= 0.6 is 0 Å². The third kappa shape index (κ3) is 3.88. The normalized spacial score (nSPS) is 16.2. The van der Waals surface area contributed by atoms with Crippen molar-refractivity contribution in [1.82, 2.24) is 5.32 Å². The van der Waals surface area contributed by atoms with Gasteiger partial charge in [0.2, 0.25) is 0 Å². The number of hydrogen-bond acceptors (Lipinski definition) is 3. The molecule has 104 valence electrons. The Hall–Kier alpha value is -1.71. The average molecular weight is 262 g/mol. The van der Waals surface area contributed by atoms with Gasteiger partial charge in [0.15, 0.2) is 0 Å². The number of aromatic hydroxyl groups is 1. The summed E-state index contributed by atoms with van der Waals surface area (Å²) in [6.07, 6.45) is 7.58. The molecule has 0 aromatic heterocycles. The van der Waals surface area contributed by atoms with Crippen LogP contribution in [0.2, 0.25) is 0 Å². The molecule has 0 aliphatic heterocycles. The molecule has 4 N–H and O–H groups in total. The lowest BCUT2D eigenvalue weighted by atomic mass is 9.87. The molecule has 0 atom stereocenters. The summed E-state index contributed by atoms with van der Waals surface area (Å²) in [4.78, 5) is 12.0. The van der Waals surface area contributed by atoms with Gasteiger partial charge in [-0.25, -0.2) is 0 Å². The van der Waals surface area contributed by atoms with Crippen molar-refractivity contribution in [3.05, 3.63) is 23.8 Å². The molecule has 1 saturated carbocycles. The Kier molecular flexibility index (Phi) is 4.66. The topological polar surface area (TPSA) is 75.3 Å². The van der Waals surface area contributed by atoms with Gasteiger partial charge in [-0.3, -0.25) is 4.79 Å². The van der Waals surface area contributed by atoms with Crippen LogP contribution in [0.3, 0.4) is 0 Å². The highest BCUT2D eigenvalue weighted by Gasteiger charge is 2.14. The summed E-state index contributed by atoms with van der Waals surface area (Å²) in [6, 6.07) is 4.44. The molecular formula is C15H22N2O2. The molecule has 0 saturated heterocycles.